The fourth-order valence-corrected chi connectivity index (χ4v) is 3.28. The zero-order valence-electron chi connectivity index (χ0n) is 17.9. The normalized spacial score (nSPS) is 11.0. The lowest BCUT2D eigenvalue weighted by atomic mass is 10.1. The van der Waals surface area contributed by atoms with Gasteiger partial charge < -0.3 is 14.8 Å². The number of amides is 1. The van der Waals surface area contributed by atoms with E-state index < -0.39 is 0 Å². The lowest BCUT2D eigenvalue weighted by Gasteiger charge is -2.11. The van der Waals surface area contributed by atoms with Crippen molar-refractivity contribution in [3.8, 4) is 11.5 Å². The summed E-state index contributed by atoms with van der Waals surface area (Å²) in [5.41, 5.74) is 3.73. The van der Waals surface area contributed by atoms with Gasteiger partial charge >= 0.3 is 0 Å². The SMILES string of the molecule is CCn1cc(CNC(=O)C=Cc2ccc(OC)c(COc3ccc(Br)cc3)c2)c(C)n1. The van der Waals surface area contributed by atoms with Crippen LogP contribution >= 0.6 is 15.9 Å². The molecular weight excluding hydrogens is 458 g/mol. The maximum absolute atomic E-state index is 12.2. The molecule has 0 aliphatic heterocycles. The fourth-order valence-electron chi connectivity index (χ4n) is 3.01. The molecule has 0 saturated carbocycles. The van der Waals surface area contributed by atoms with Gasteiger partial charge in [0.15, 0.2) is 0 Å². The lowest BCUT2D eigenvalue weighted by molar-refractivity contribution is -0.116. The molecule has 1 N–H and O–H groups in total. The predicted molar refractivity (Wildman–Crippen MR) is 125 cm³/mol. The Balaban J connectivity index is 1.61. The first kappa shape index (κ1) is 22.6. The molecule has 3 aromatic rings. The highest BCUT2D eigenvalue weighted by Gasteiger charge is 2.07. The Morgan fingerprint density at radius 2 is 1.97 bits per heavy atom. The van der Waals surface area contributed by atoms with E-state index in [1.807, 2.05) is 67.2 Å². The molecule has 0 bridgehead atoms. The number of benzene rings is 2. The topological polar surface area (TPSA) is 65.4 Å². The number of carbonyl (C=O) groups is 1. The van der Waals surface area contributed by atoms with Crippen molar-refractivity contribution in [3.05, 3.63) is 81.6 Å². The maximum Gasteiger partial charge on any atom is 0.244 e. The Kier molecular flexibility index (Phi) is 7.89. The minimum absolute atomic E-state index is 0.160. The Morgan fingerprint density at radius 3 is 2.65 bits per heavy atom. The maximum atomic E-state index is 12.2. The molecule has 0 unspecified atom stereocenters. The van der Waals surface area contributed by atoms with Gasteiger partial charge in [0.05, 0.1) is 12.8 Å². The van der Waals surface area contributed by atoms with Crippen molar-refractivity contribution in [1.29, 1.82) is 0 Å². The summed E-state index contributed by atoms with van der Waals surface area (Å²) in [6, 6.07) is 13.4. The second-order valence-corrected chi connectivity index (χ2v) is 7.88. The molecule has 31 heavy (non-hydrogen) atoms. The van der Waals surface area contributed by atoms with Crippen molar-refractivity contribution >= 4 is 27.9 Å². The molecule has 162 valence electrons. The van der Waals surface area contributed by atoms with E-state index in [1.54, 1.807) is 13.2 Å². The quantitative estimate of drug-likeness (QED) is 0.440. The van der Waals surface area contributed by atoms with Crippen molar-refractivity contribution in [2.45, 2.75) is 33.5 Å². The van der Waals surface area contributed by atoms with E-state index in [4.69, 9.17) is 9.47 Å². The molecule has 0 aliphatic carbocycles. The standard InChI is InChI=1S/C24H26BrN3O3/c1-4-28-15-20(17(2)27-28)14-26-24(29)12-6-18-5-11-23(30-3)19(13-18)16-31-22-9-7-21(25)8-10-22/h5-13,15H,4,14,16H2,1-3H3,(H,26,29). The molecule has 0 spiro atoms. The van der Waals surface area contributed by atoms with Crippen molar-refractivity contribution in [3.63, 3.8) is 0 Å². The van der Waals surface area contributed by atoms with Crippen LogP contribution < -0.4 is 14.8 Å². The van der Waals surface area contributed by atoms with Gasteiger partial charge in [-0.15, -0.1) is 0 Å². The van der Waals surface area contributed by atoms with E-state index in [-0.39, 0.29) is 5.91 Å². The summed E-state index contributed by atoms with van der Waals surface area (Å²) in [6.07, 6.45) is 5.27. The van der Waals surface area contributed by atoms with E-state index in [2.05, 4.69) is 26.3 Å². The highest BCUT2D eigenvalue weighted by atomic mass is 79.9. The number of rotatable bonds is 9. The Bertz CT molecular complexity index is 1060. The van der Waals surface area contributed by atoms with E-state index >= 15 is 0 Å². The van der Waals surface area contributed by atoms with Crippen LogP contribution in [-0.2, 0) is 24.5 Å². The first-order valence-electron chi connectivity index (χ1n) is 10.0. The van der Waals surface area contributed by atoms with Gasteiger partial charge in [0.25, 0.3) is 0 Å². The molecule has 6 nitrogen and oxygen atoms in total. The van der Waals surface area contributed by atoms with Gasteiger partial charge in [0.2, 0.25) is 5.91 Å². The van der Waals surface area contributed by atoms with Crippen molar-refractivity contribution < 1.29 is 14.3 Å². The number of aryl methyl sites for hydroxylation is 2. The average molecular weight is 484 g/mol. The number of aromatic nitrogens is 2. The highest BCUT2D eigenvalue weighted by Crippen LogP contribution is 2.23. The van der Waals surface area contributed by atoms with Gasteiger partial charge in [-0.2, -0.15) is 5.10 Å². The summed E-state index contributed by atoms with van der Waals surface area (Å²) >= 11 is 3.41. The Hall–Kier alpha value is -3.06. The highest BCUT2D eigenvalue weighted by molar-refractivity contribution is 9.10. The van der Waals surface area contributed by atoms with Gasteiger partial charge in [-0.25, -0.2) is 0 Å². The van der Waals surface area contributed by atoms with Crippen LogP contribution in [0.5, 0.6) is 11.5 Å². The third-order valence-corrected chi connectivity index (χ3v) is 5.29. The molecule has 0 aliphatic rings. The van der Waals surface area contributed by atoms with Gasteiger partial charge in [0, 0.05) is 41.0 Å². The molecule has 0 atom stereocenters. The number of methoxy groups -OCH3 is 1. The van der Waals surface area contributed by atoms with Crippen molar-refractivity contribution in [2.75, 3.05) is 7.11 Å². The van der Waals surface area contributed by atoms with Gasteiger partial charge in [-0.1, -0.05) is 22.0 Å². The van der Waals surface area contributed by atoms with E-state index in [1.165, 1.54) is 6.08 Å². The molecule has 0 radical (unpaired) electrons. The molecule has 1 heterocycles. The first-order chi connectivity index (χ1) is 15.0. The van der Waals surface area contributed by atoms with E-state index in [0.29, 0.717) is 13.2 Å². The van der Waals surface area contributed by atoms with Crippen LogP contribution in [0.15, 0.2) is 59.2 Å². The molecule has 0 fully saturated rings. The minimum Gasteiger partial charge on any atom is -0.496 e. The number of halogens is 1. The van der Waals surface area contributed by atoms with E-state index in [9.17, 15) is 4.79 Å². The van der Waals surface area contributed by atoms with Crippen LogP contribution in [0.2, 0.25) is 0 Å². The van der Waals surface area contributed by atoms with Crippen LogP contribution in [0.1, 0.15) is 29.3 Å². The largest absolute Gasteiger partial charge is 0.496 e. The molecule has 0 saturated heterocycles. The monoisotopic (exact) mass is 483 g/mol. The number of carbonyl (C=O) groups excluding carboxylic acids is 1. The third-order valence-electron chi connectivity index (χ3n) is 4.76. The van der Waals surface area contributed by atoms with Crippen LogP contribution in [0, 0.1) is 6.92 Å². The van der Waals surface area contributed by atoms with E-state index in [0.717, 1.165) is 44.9 Å². The molecule has 1 aromatic heterocycles. The van der Waals surface area contributed by atoms with Gasteiger partial charge in [-0.3, -0.25) is 9.48 Å². The number of nitrogens with one attached hydrogen (secondary N) is 1. The molecule has 1 amide bonds. The van der Waals surface area contributed by atoms with Crippen LogP contribution in [0.3, 0.4) is 0 Å². The summed E-state index contributed by atoms with van der Waals surface area (Å²) in [5, 5.41) is 7.30. The Labute approximate surface area is 191 Å². The summed E-state index contributed by atoms with van der Waals surface area (Å²) in [4.78, 5) is 12.2. The number of hydrogen-bond acceptors (Lipinski definition) is 4. The zero-order chi connectivity index (χ0) is 22.2. The zero-order valence-corrected chi connectivity index (χ0v) is 19.5. The lowest BCUT2D eigenvalue weighted by Crippen LogP contribution is -2.20. The number of hydrogen-bond donors (Lipinski definition) is 1. The molecule has 7 heteroatoms. The van der Waals surface area contributed by atoms with Crippen molar-refractivity contribution in [1.82, 2.24) is 15.1 Å². The Morgan fingerprint density at radius 1 is 1.19 bits per heavy atom. The average Bonchev–Trinajstić information content (AvgIpc) is 3.15. The molecule has 3 rings (SSSR count). The second kappa shape index (κ2) is 10.8. The number of nitrogens with zero attached hydrogens (tertiary/aromatic N) is 2. The van der Waals surface area contributed by atoms with Gasteiger partial charge in [-0.05, 0) is 61.9 Å². The van der Waals surface area contributed by atoms with Crippen molar-refractivity contribution in [2.24, 2.45) is 0 Å². The third kappa shape index (κ3) is 6.46. The van der Waals surface area contributed by atoms with Crippen LogP contribution in [-0.4, -0.2) is 22.8 Å². The predicted octanol–water partition coefficient (Wildman–Crippen LogP) is 4.89. The van der Waals surface area contributed by atoms with Gasteiger partial charge in [0.1, 0.15) is 18.1 Å². The summed E-state index contributed by atoms with van der Waals surface area (Å²) in [6.45, 7) is 5.59. The minimum atomic E-state index is -0.160. The first-order valence-corrected chi connectivity index (χ1v) is 10.8. The fraction of sp³-hybridized carbons (Fsp3) is 0.250. The van der Waals surface area contributed by atoms with Crippen LogP contribution in [0.4, 0.5) is 0 Å². The summed E-state index contributed by atoms with van der Waals surface area (Å²) in [7, 11) is 1.63. The summed E-state index contributed by atoms with van der Waals surface area (Å²) < 4.78 is 14.2. The smallest absolute Gasteiger partial charge is 0.244 e. The molecular formula is C24H26BrN3O3. The molecule has 2 aromatic carbocycles. The number of ether oxygens (including phenoxy) is 2. The van der Waals surface area contributed by atoms with Crippen LogP contribution in [0.25, 0.3) is 6.08 Å². The second-order valence-electron chi connectivity index (χ2n) is 6.96. The summed E-state index contributed by atoms with van der Waals surface area (Å²) in [5.74, 6) is 1.35.